The van der Waals surface area contributed by atoms with E-state index in [2.05, 4.69) is 5.32 Å². The summed E-state index contributed by atoms with van der Waals surface area (Å²) in [6, 6.07) is -0.777. The van der Waals surface area contributed by atoms with Gasteiger partial charge in [0.1, 0.15) is 12.2 Å². The Morgan fingerprint density at radius 3 is 2.71 bits per heavy atom. The highest BCUT2D eigenvalue weighted by Crippen LogP contribution is 2.27. The Kier molecular flexibility index (Phi) is 3.25. The molecule has 0 aromatic rings. The number of rotatable bonds is 2. The van der Waals surface area contributed by atoms with E-state index in [9.17, 15) is 14.7 Å². The van der Waals surface area contributed by atoms with Crippen LogP contribution in [-0.2, 0) is 14.3 Å². The van der Waals surface area contributed by atoms with Gasteiger partial charge in [0.25, 0.3) is 0 Å². The first kappa shape index (κ1) is 12.2. The maximum absolute atomic E-state index is 11.6. The number of amides is 2. The maximum atomic E-state index is 11.6. The second kappa shape index (κ2) is 4.53. The Morgan fingerprint density at radius 1 is 1.47 bits per heavy atom. The second-order valence-electron chi connectivity index (χ2n) is 4.13. The fourth-order valence-electron chi connectivity index (χ4n) is 2.07. The zero-order chi connectivity index (χ0) is 12.6. The van der Waals surface area contributed by atoms with Crippen molar-refractivity contribution in [2.45, 2.75) is 24.4 Å². The minimum atomic E-state index is -1.02. The van der Waals surface area contributed by atoms with Gasteiger partial charge in [-0.1, -0.05) is 6.08 Å². The predicted molar refractivity (Wildman–Crippen MR) is 55.5 cm³/mol. The highest BCUT2D eigenvalue weighted by molar-refractivity contribution is 6.05. The molecular weight excluding hydrogens is 228 g/mol. The lowest BCUT2D eigenvalue weighted by Crippen LogP contribution is -2.49. The van der Waals surface area contributed by atoms with E-state index < -0.39 is 42.1 Å². The SMILES string of the molecule is N[C@@H]1[C@H](O)[C@@H](CO)O[C@H]1C1C=CC(=O)NC1=O. The summed E-state index contributed by atoms with van der Waals surface area (Å²) in [6.07, 6.45) is 0.0584. The minimum Gasteiger partial charge on any atom is -0.394 e. The average molecular weight is 242 g/mol. The Balaban J connectivity index is 2.16. The van der Waals surface area contributed by atoms with Gasteiger partial charge in [0, 0.05) is 6.08 Å². The number of hydrogen-bond acceptors (Lipinski definition) is 6. The molecule has 0 aromatic carbocycles. The van der Waals surface area contributed by atoms with Gasteiger partial charge in [-0.2, -0.15) is 0 Å². The number of carbonyl (C=O) groups excluding carboxylic acids is 2. The molecule has 5 atom stereocenters. The van der Waals surface area contributed by atoms with Crippen molar-refractivity contribution in [2.75, 3.05) is 6.61 Å². The molecule has 7 nitrogen and oxygen atoms in total. The van der Waals surface area contributed by atoms with Gasteiger partial charge in [-0.3, -0.25) is 14.9 Å². The Bertz CT molecular complexity index is 370. The van der Waals surface area contributed by atoms with E-state index in [4.69, 9.17) is 15.6 Å². The van der Waals surface area contributed by atoms with E-state index in [-0.39, 0.29) is 6.61 Å². The van der Waals surface area contributed by atoms with Gasteiger partial charge in [0.05, 0.1) is 24.7 Å². The van der Waals surface area contributed by atoms with Crippen LogP contribution in [0, 0.1) is 5.92 Å². The number of ether oxygens (including phenoxy) is 1. The molecule has 17 heavy (non-hydrogen) atoms. The van der Waals surface area contributed by atoms with Gasteiger partial charge in [-0.05, 0) is 0 Å². The fourth-order valence-corrected chi connectivity index (χ4v) is 2.07. The molecule has 5 N–H and O–H groups in total. The number of carbonyl (C=O) groups is 2. The summed E-state index contributed by atoms with van der Waals surface area (Å²) in [6.45, 7) is -0.373. The molecule has 1 fully saturated rings. The van der Waals surface area contributed by atoms with Crippen molar-refractivity contribution in [3.05, 3.63) is 12.2 Å². The third-order valence-electron chi connectivity index (χ3n) is 3.02. The molecule has 1 unspecified atom stereocenters. The number of hydrogen-bond donors (Lipinski definition) is 4. The maximum Gasteiger partial charge on any atom is 0.250 e. The van der Waals surface area contributed by atoms with E-state index in [1.807, 2.05) is 0 Å². The van der Waals surface area contributed by atoms with E-state index in [0.717, 1.165) is 0 Å². The average Bonchev–Trinajstić information content (AvgIpc) is 2.57. The van der Waals surface area contributed by atoms with Gasteiger partial charge in [0.2, 0.25) is 11.8 Å². The highest BCUT2D eigenvalue weighted by Gasteiger charge is 2.46. The summed E-state index contributed by atoms with van der Waals surface area (Å²) in [4.78, 5) is 22.5. The summed E-state index contributed by atoms with van der Waals surface area (Å²) >= 11 is 0. The molecule has 2 aliphatic rings. The second-order valence-corrected chi connectivity index (χ2v) is 4.13. The quantitative estimate of drug-likeness (QED) is 0.390. The van der Waals surface area contributed by atoms with Crippen molar-refractivity contribution in [1.82, 2.24) is 5.32 Å². The summed E-state index contributed by atoms with van der Waals surface area (Å²) < 4.78 is 5.33. The highest BCUT2D eigenvalue weighted by atomic mass is 16.5. The summed E-state index contributed by atoms with van der Waals surface area (Å²) in [7, 11) is 0. The molecule has 1 saturated heterocycles. The van der Waals surface area contributed by atoms with Crippen LogP contribution in [0.1, 0.15) is 0 Å². The monoisotopic (exact) mass is 242 g/mol. The van der Waals surface area contributed by atoms with Crippen LogP contribution in [0.2, 0.25) is 0 Å². The van der Waals surface area contributed by atoms with Crippen molar-refractivity contribution >= 4 is 11.8 Å². The van der Waals surface area contributed by atoms with E-state index >= 15 is 0 Å². The van der Waals surface area contributed by atoms with Crippen LogP contribution in [0.25, 0.3) is 0 Å². The predicted octanol–water partition coefficient (Wildman–Crippen LogP) is -2.74. The third kappa shape index (κ3) is 2.09. The van der Waals surface area contributed by atoms with Crippen LogP contribution in [0.5, 0.6) is 0 Å². The Morgan fingerprint density at radius 2 is 2.18 bits per heavy atom. The lowest BCUT2D eigenvalue weighted by Gasteiger charge is -2.24. The molecule has 2 amide bonds. The number of aliphatic hydroxyl groups is 2. The largest absolute Gasteiger partial charge is 0.394 e. The molecule has 0 saturated carbocycles. The van der Waals surface area contributed by atoms with Gasteiger partial charge < -0.3 is 20.7 Å². The van der Waals surface area contributed by atoms with Gasteiger partial charge in [-0.15, -0.1) is 0 Å². The van der Waals surface area contributed by atoms with Crippen molar-refractivity contribution in [3.63, 3.8) is 0 Å². The number of nitrogens with one attached hydrogen (secondary N) is 1. The molecule has 2 rings (SSSR count). The van der Waals surface area contributed by atoms with Gasteiger partial charge >= 0.3 is 0 Å². The van der Waals surface area contributed by atoms with Gasteiger partial charge in [0.15, 0.2) is 0 Å². The summed E-state index contributed by atoms with van der Waals surface area (Å²) in [5, 5.41) is 20.8. The lowest BCUT2D eigenvalue weighted by molar-refractivity contribution is -0.134. The fraction of sp³-hybridized carbons (Fsp3) is 0.600. The standard InChI is InChI=1S/C10H14N2O5/c11-7-8(15)5(3-13)17-9(7)4-1-2-6(14)12-10(4)16/h1-2,4-5,7-9,13,15H,3,11H2,(H,12,14,16)/t4?,5-,7-,8-,9+/m1/s1. The Hall–Kier alpha value is -1.28. The van der Waals surface area contributed by atoms with Crippen molar-refractivity contribution in [2.24, 2.45) is 11.7 Å². The van der Waals surface area contributed by atoms with E-state index in [1.165, 1.54) is 12.2 Å². The topological polar surface area (TPSA) is 122 Å². The first-order valence-electron chi connectivity index (χ1n) is 5.27. The third-order valence-corrected chi connectivity index (χ3v) is 3.02. The lowest BCUT2D eigenvalue weighted by atomic mass is 9.92. The van der Waals surface area contributed by atoms with E-state index in [0.29, 0.717) is 0 Å². The van der Waals surface area contributed by atoms with Crippen LogP contribution < -0.4 is 11.1 Å². The minimum absolute atomic E-state index is 0.373. The van der Waals surface area contributed by atoms with Crippen LogP contribution in [-0.4, -0.2) is 53.0 Å². The number of aliphatic hydroxyl groups excluding tert-OH is 2. The molecule has 0 aliphatic carbocycles. The molecular formula is C10H14N2O5. The smallest absolute Gasteiger partial charge is 0.250 e. The molecule has 0 aromatic heterocycles. The zero-order valence-electron chi connectivity index (χ0n) is 8.95. The molecule has 0 spiro atoms. The molecule has 94 valence electrons. The first-order valence-corrected chi connectivity index (χ1v) is 5.27. The summed E-state index contributed by atoms with van der Waals surface area (Å²) in [5.41, 5.74) is 5.73. The zero-order valence-corrected chi connectivity index (χ0v) is 8.95. The normalized spacial score (nSPS) is 41.7. The number of nitrogens with two attached hydrogens (primary N) is 1. The number of imide groups is 1. The van der Waals surface area contributed by atoms with Gasteiger partial charge in [-0.25, -0.2) is 0 Å². The van der Waals surface area contributed by atoms with Crippen molar-refractivity contribution in [1.29, 1.82) is 0 Å². The van der Waals surface area contributed by atoms with E-state index in [1.54, 1.807) is 0 Å². The molecule has 2 aliphatic heterocycles. The molecule has 7 heteroatoms. The van der Waals surface area contributed by atoms with Crippen LogP contribution in [0.4, 0.5) is 0 Å². The van der Waals surface area contributed by atoms with Crippen LogP contribution >= 0.6 is 0 Å². The molecule has 0 bridgehead atoms. The summed E-state index contributed by atoms with van der Waals surface area (Å²) in [5.74, 6) is -1.73. The van der Waals surface area contributed by atoms with Crippen molar-refractivity contribution in [3.8, 4) is 0 Å². The molecule has 2 heterocycles. The van der Waals surface area contributed by atoms with Crippen LogP contribution in [0.3, 0.4) is 0 Å². The molecule has 0 radical (unpaired) electrons. The van der Waals surface area contributed by atoms with Crippen molar-refractivity contribution < 1.29 is 24.5 Å². The Labute approximate surface area is 97.2 Å². The first-order chi connectivity index (χ1) is 8.04. The van der Waals surface area contributed by atoms with Crippen LogP contribution in [0.15, 0.2) is 12.2 Å².